The summed E-state index contributed by atoms with van der Waals surface area (Å²) in [5.74, 6) is 0.112. The van der Waals surface area contributed by atoms with Crippen molar-refractivity contribution in [1.82, 2.24) is 10.6 Å². The van der Waals surface area contributed by atoms with Crippen LogP contribution >= 0.6 is 0 Å². The number of unbranched alkanes of at least 4 members (excludes halogenated alkanes) is 1. The molecule has 0 aromatic heterocycles. The molecule has 0 saturated carbocycles. The third kappa shape index (κ3) is 18.7. The standard InChI is InChI=1S/C35H66N2O3/c1-30(2,3)19-16-15-17-20-34(11,12)29(39)37-26-32(7,8)22-23-33(9,10)27-40-24-18-21-35(13,14)28(38)36-25-31(4,5)6/h17-18,20-21H,15-16,19,22-27H2,1-14H3,(H,36,38)(H,37,39)/b20-17+,21-18+. The van der Waals surface area contributed by atoms with Crippen molar-refractivity contribution in [3.63, 3.8) is 0 Å². The summed E-state index contributed by atoms with van der Waals surface area (Å²) < 4.78 is 5.97. The monoisotopic (exact) mass is 563 g/mol. The molecule has 0 aromatic rings. The van der Waals surface area contributed by atoms with E-state index >= 15 is 0 Å². The van der Waals surface area contributed by atoms with Gasteiger partial charge in [0.1, 0.15) is 0 Å². The zero-order valence-electron chi connectivity index (χ0n) is 28.9. The summed E-state index contributed by atoms with van der Waals surface area (Å²) in [6.07, 6.45) is 13.4. The molecule has 0 spiro atoms. The van der Waals surface area contributed by atoms with Crippen LogP contribution in [0.1, 0.15) is 129 Å². The molecule has 0 bridgehead atoms. The number of allylic oxidation sites excluding steroid dienone is 1. The summed E-state index contributed by atoms with van der Waals surface area (Å²) in [4.78, 5) is 25.4. The summed E-state index contributed by atoms with van der Waals surface area (Å²) in [6.45, 7) is 32.3. The highest BCUT2D eigenvalue weighted by atomic mass is 16.5. The Hall–Kier alpha value is -1.62. The van der Waals surface area contributed by atoms with E-state index in [9.17, 15) is 9.59 Å². The van der Waals surface area contributed by atoms with Crippen LogP contribution in [0.2, 0.25) is 0 Å². The van der Waals surface area contributed by atoms with E-state index in [0.29, 0.717) is 31.7 Å². The molecule has 0 aliphatic heterocycles. The number of ether oxygens (including phenoxy) is 1. The molecule has 0 unspecified atom stereocenters. The van der Waals surface area contributed by atoms with Gasteiger partial charge in [-0.25, -0.2) is 0 Å². The first-order valence-electron chi connectivity index (χ1n) is 15.4. The molecule has 40 heavy (non-hydrogen) atoms. The summed E-state index contributed by atoms with van der Waals surface area (Å²) in [6, 6.07) is 0. The average molecular weight is 563 g/mol. The first-order valence-corrected chi connectivity index (χ1v) is 15.4. The van der Waals surface area contributed by atoms with Crippen LogP contribution in [0.15, 0.2) is 24.3 Å². The van der Waals surface area contributed by atoms with Gasteiger partial charge in [0.25, 0.3) is 0 Å². The molecule has 0 aliphatic carbocycles. The Kier molecular flexibility index (Phi) is 14.9. The van der Waals surface area contributed by atoms with Crippen molar-refractivity contribution in [2.75, 3.05) is 26.3 Å². The SMILES string of the molecule is CC(C)(C)CCC/C=C/C(C)(C)C(=O)NCC(C)(C)CCC(C)(C)COC/C=C/C(C)(C)C(=O)NCC(C)(C)C. The van der Waals surface area contributed by atoms with Gasteiger partial charge in [0, 0.05) is 13.1 Å². The van der Waals surface area contributed by atoms with E-state index in [4.69, 9.17) is 4.74 Å². The normalized spacial score (nSPS) is 14.2. The summed E-state index contributed by atoms with van der Waals surface area (Å²) in [5, 5.41) is 6.24. The predicted molar refractivity (Wildman–Crippen MR) is 172 cm³/mol. The highest BCUT2D eigenvalue weighted by Gasteiger charge is 2.29. The number of hydrogen-bond donors (Lipinski definition) is 2. The van der Waals surface area contributed by atoms with Crippen LogP contribution in [0.4, 0.5) is 0 Å². The van der Waals surface area contributed by atoms with Gasteiger partial charge in [-0.05, 0) is 81.5 Å². The van der Waals surface area contributed by atoms with Crippen molar-refractivity contribution in [2.45, 2.75) is 129 Å². The van der Waals surface area contributed by atoms with Gasteiger partial charge >= 0.3 is 0 Å². The lowest BCUT2D eigenvalue weighted by atomic mass is 9.79. The largest absolute Gasteiger partial charge is 0.377 e. The third-order valence-corrected chi connectivity index (χ3v) is 7.23. The van der Waals surface area contributed by atoms with Crippen molar-refractivity contribution < 1.29 is 14.3 Å². The number of carbonyl (C=O) groups is 2. The molecular weight excluding hydrogens is 496 g/mol. The van der Waals surface area contributed by atoms with Crippen molar-refractivity contribution in [1.29, 1.82) is 0 Å². The molecule has 0 heterocycles. The number of carbonyl (C=O) groups excluding carboxylic acids is 2. The Morgan fingerprint density at radius 1 is 0.600 bits per heavy atom. The third-order valence-electron chi connectivity index (χ3n) is 7.23. The zero-order chi connectivity index (χ0) is 31.5. The van der Waals surface area contributed by atoms with Crippen molar-refractivity contribution in [2.24, 2.45) is 32.5 Å². The second kappa shape index (κ2) is 15.6. The summed E-state index contributed by atoms with van der Waals surface area (Å²) in [5.41, 5.74) is -0.667. The summed E-state index contributed by atoms with van der Waals surface area (Å²) in [7, 11) is 0. The van der Waals surface area contributed by atoms with E-state index in [1.165, 1.54) is 6.42 Å². The molecule has 0 atom stereocenters. The maximum atomic E-state index is 12.9. The van der Waals surface area contributed by atoms with Gasteiger partial charge in [-0.3, -0.25) is 9.59 Å². The van der Waals surface area contributed by atoms with Crippen molar-refractivity contribution in [3.8, 4) is 0 Å². The lowest BCUT2D eigenvalue weighted by molar-refractivity contribution is -0.128. The quantitative estimate of drug-likeness (QED) is 0.138. The molecule has 0 aromatic carbocycles. The van der Waals surface area contributed by atoms with Gasteiger partial charge < -0.3 is 15.4 Å². The molecule has 5 heteroatoms. The van der Waals surface area contributed by atoms with E-state index in [2.05, 4.69) is 92.0 Å². The molecule has 234 valence electrons. The van der Waals surface area contributed by atoms with E-state index in [1.54, 1.807) is 0 Å². The van der Waals surface area contributed by atoms with Crippen LogP contribution in [-0.4, -0.2) is 38.1 Å². The van der Waals surface area contributed by atoms with Gasteiger partial charge in [0.2, 0.25) is 11.8 Å². The van der Waals surface area contributed by atoms with E-state index in [1.807, 2.05) is 39.8 Å². The Bertz CT molecular complexity index is 834. The Morgan fingerprint density at radius 2 is 1.07 bits per heavy atom. The van der Waals surface area contributed by atoms with Crippen LogP contribution in [0, 0.1) is 32.5 Å². The first-order chi connectivity index (χ1) is 17.9. The lowest BCUT2D eigenvalue weighted by Crippen LogP contribution is -2.41. The highest BCUT2D eigenvalue weighted by Crippen LogP contribution is 2.31. The molecule has 0 rings (SSSR count). The van der Waals surface area contributed by atoms with E-state index in [0.717, 1.165) is 25.7 Å². The average Bonchev–Trinajstić information content (AvgIpc) is 2.78. The molecule has 2 N–H and O–H groups in total. The fraction of sp³-hybridized carbons (Fsp3) is 0.829. The lowest BCUT2D eigenvalue weighted by Gasteiger charge is -2.32. The number of rotatable bonds is 17. The molecular formula is C35H66N2O3. The van der Waals surface area contributed by atoms with Crippen LogP contribution in [-0.2, 0) is 14.3 Å². The van der Waals surface area contributed by atoms with Gasteiger partial charge in [-0.15, -0.1) is 0 Å². The summed E-state index contributed by atoms with van der Waals surface area (Å²) >= 11 is 0. The van der Waals surface area contributed by atoms with Gasteiger partial charge in [0.05, 0.1) is 24.0 Å². The van der Waals surface area contributed by atoms with Crippen LogP contribution in [0.25, 0.3) is 0 Å². The second-order valence-corrected chi connectivity index (χ2v) is 17.0. The minimum absolute atomic E-state index is 0.0101. The van der Waals surface area contributed by atoms with Crippen molar-refractivity contribution in [3.05, 3.63) is 24.3 Å². The molecule has 2 amide bonds. The topological polar surface area (TPSA) is 67.4 Å². The van der Waals surface area contributed by atoms with Gasteiger partial charge in [-0.2, -0.15) is 0 Å². The molecule has 0 aliphatic rings. The van der Waals surface area contributed by atoms with E-state index in [-0.39, 0.29) is 28.1 Å². The maximum absolute atomic E-state index is 12.9. The minimum atomic E-state index is -0.574. The fourth-order valence-corrected chi connectivity index (χ4v) is 3.98. The second-order valence-electron chi connectivity index (χ2n) is 17.0. The van der Waals surface area contributed by atoms with Crippen molar-refractivity contribution >= 4 is 11.8 Å². The van der Waals surface area contributed by atoms with Crippen LogP contribution in [0.3, 0.4) is 0 Å². The number of nitrogens with one attached hydrogen (secondary N) is 2. The number of hydrogen-bond acceptors (Lipinski definition) is 3. The first kappa shape index (κ1) is 38.4. The molecule has 0 fully saturated rings. The van der Waals surface area contributed by atoms with Crippen LogP contribution < -0.4 is 10.6 Å². The van der Waals surface area contributed by atoms with Crippen LogP contribution in [0.5, 0.6) is 0 Å². The highest BCUT2D eigenvalue weighted by molar-refractivity contribution is 5.84. The van der Waals surface area contributed by atoms with Gasteiger partial charge in [0.15, 0.2) is 0 Å². The fourth-order valence-electron chi connectivity index (χ4n) is 3.98. The molecule has 5 nitrogen and oxygen atoms in total. The van der Waals surface area contributed by atoms with Gasteiger partial charge in [-0.1, -0.05) is 93.5 Å². The Balaban J connectivity index is 4.56. The molecule has 0 radical (unpaired) electrons. The minimum Gasteiger partial charge on any atom is -0.377 e. The Morgan fingerprint density at radius 3 is 1.57 bits per heavy atom. The zero-order valence-corrected chi connectivity index (χ0v) is 28.9. The van der Waals surface area contributed by atoms with E-state index < -0.39 is 10.8 Å². The number of amides is 2. The maximum Gasteiger partial charge on any atom is 0.229 e. The smallest absolute Gasteiger partial charge is 0.229 e. The molecule has 0 saturated heterocycles. The Labute approximate surface area is 248 Å². The predicted octanol–water partition coefficient (Wildman–Crippen LogP) is 8.50.